The Morgan fingerprint density at radius 2 is 1.76 bits per heavy atom. The second-order valence-corrected chi connectivity index (χ2v) is 4.98. The van der Waals surface area contributed by atoms with Gasteiger partial charge in [0, 0.05) is 23.6 Å². The van der Waals surface area contributed by atoms with Crippen LogP contribution in [0.1, 0.15) is 22.3 Å². The average Bonchev–Trinajstić information content (AvgIpc) is 2.40. The Labute approximate surface area is 151 Å². The zero-order valence-corrected chi connectivity index (χ0v) is 14.9. The average molecular weight is 307 g/mol. The molecule has 0 aromatic heterocycles. The first-order chi connectivity index (χ1) is 9.50. The fourth-order valence-electron chi connectivity index (χ4n) is 2.09. The SMILES string of the molecule is Cc1ccccc1C(=S)c1cccc(CC(=O)[O-])c1N.[Na+]. The quantitative estimate of drug-likeness (QED) is 0.328. The molecule has 0 radical (unpaired) electrons. The van der Waals surface area contributed by atoms with Crippen molar-refractivity contribution in [2.45, 2.75) is 13.3 Å². The Hall–Kier alpha value is -1.20. The van der Waals surface area contributed by atoms with Gasteiger partial charge in [0.05, 0.1) is 4.86 Å². The van der Waals surface area contributed by atoms with E-state index in [-0.39, 0.29) is 36.0 Å². The molecule has 0 amide bonds. The number of anilines is 1. The first-order valence-corrected chi connectivity index (χ1v) is 6.59. The van der Waals surface area contributed by atoms with Gasteiger partial charge in [0.25, 0.3) is 0 Å². The van der Waals surface area contributed by atoms with Gasteiger partial charge < -0.3 is 15.6 Å². The van der Waals surface area contributed by atoms with Crippen molar-refractivity contribution in [2.75, 3.05) is 5.73 Å². The number of nitrogen functional groups attached to an aromatic ring is 1. The number of aryl methyl sites for hydroxylation is 1. The fourth-order valence-corrected chi connectivity index (χ4v) is 2.50. The van der Waals surface area contributed by atoms with Crippen molar-refractivity contribution >= 4 is 28.7 Å². The first-order valence-electron chi connectivity index (χ1n) is 6.18. The van der Waals surface area contributed by atoms with Crippen LogP contribution >= 0.6 is 12.2 Å². The topological polar surface area (TPSA) is 66.1 Å². The molecule has 0 unspecified atom stereocenters. The molecule has 5 heteroatoms. The van der Waals surface area contributed by atoms with Gasteiger partial charge in [-0.2, -0.15) is 0 Å². The van der Waals surface area contributed by atoms with Crippen molar-refractivity contribution in [2.24, 2.45) is 0 Å². The molecule has 2 aromatic rings. The third kappa shape index (κ3) is 4.14. The number of carboxylic acids is 1. The summed E-state index contributed by atoms with van der Waals surface area (Å²) in [6.45, 7) is 1.98. The summed E-state index contributed by atoms with van der Waals surface area (Å²) >= 11 is 5.49. The molecule has 2 rings (SSSR count). The van der Waals surface area contributed by atoms with E-state index >= 15 is 0 Å². The molecule has 0 saturated heterocycles. The van der Waals surface area contributed by atoms with E-state index < -0.39 is 5.97 Å². The van der Waals surface area contributed by atoms with Gasteiger partial charge in [-0.3, -0.25) is 0 Å². The molecule has 0 aliphatic heterocycles. The van der Waals surface area contributed by atoms with Crippen molar-refractivity contribution in [3.8, 4) is 0 Å². The molecular weight excluding hydrogens is 293 g/mol. The summed E-state index contributed by atoms with van der Waals surface area (Å²) in [7, 11) is 0. The van der Waals surface area contributed by atoms with Gasteiger partial charge in [-0.05, 0) is 23.6 Å². The second kappa shape index (κ2) is 7.71. The Morgan fingerprint density at radius 1 is 1.14 bits per heavy atom. The molecular formula is C16H14NNaO2S. The van der Waals surface area contributed by atoms with E-state index in [9.17, 15) is 9.90 Å². The monoisotopic (exact) mass is 307 g/mol. The van der Waals surface area contributed by atoms with E-state index in [2.05, 4.69) is 0 Å². The summed E-state index contributed by atoms with van der Waals surface area (Å²) in [4.78, 5) is 11.4. The fraction of sp³-hybridized carbons (Fsp3) is 0.125. The largest absolute Gasteiger partial charge is 1.00 e. The summed E-state index contributed by atoms with van der Waals surface area (Å²) < 4.78 is 0. The Morgan fingerprint density at radius 3 is 2.38 bits per heavy atom. The molecule has 0 heterocycles. The van der Waals surface area contributed by atoms with Crippen LogP contribution in [0.25, 0.3) is 0 Å². The number of para-hydroxylation sites is 1. The molecule has 2 aromatic carbocycles. The molecule has 2 N–H and O–H groups in total. The van der Waals surface area contributed by atoms with Crippen LogP contribution in [0.4, 0.5) is 5.69 Å². The Kier molecular flexibility index (Phi) is 6.55. The van der Waals surface area contributed by atoms with Crippen molar-refractivity contribution in [3.63, 3.8) is 0 Å². The van der Waals surface area contributed by atoms with Gasteiger partial charge in [-0.1, -0.05) is 54.7 Å². The van der Waals surface area contributed by atoms with E-state index in [0.717, 1.165) is 11.1 Å². The van der Waals surface area contributed by atoms with E-state index in [1.165, 1.54) is 0 Å². The molecule has 0 spiro atoms. The normalized spacial score (nSPS) is 9.76. The van der Waals surface area contributed by atoms with Gasteiger partial charge >= 0.3 is 29.6 Å². The van der Waals surface area contributed by atoms with Crippen LogP contribution in [0, 0.1) is 6.92 Å². The van der Waals surface area contributed by atoms with E-state index in [4.69, 9.17) is 18.0 Å². The van der Waals surface area contributed by atoms with Crippen LogP contribution in [0.5, 0.6) is 0 Å². The number of carbonyl (C=O) groups is 1. The maximum absolute atomic E-state index is 10.7. The van der Waals surface area contributed by atoms with Crippen LogP contribution in [-0.4, -0.2) is 10.8 Å². The minimum absolute atomic E-state index is 0. The number of carboxylic acid groups (broad SMARTS) is 1. The maximum Gasteiger partial charge on any atom is 1.00 e. The second-order valence-electron chi connectivity index (χ2n) is 4.57. The summed E-state index contributed by atoms with van der Waals surface area (Å²) in [6.07, 6.45) is -0.212. The molecule has 0 aliphatic rings. The van der Waals surface area contributed by atoms with Crippen molar-refractivity contribution < 1.29 is 39.5 Å². The van der Waals surface area contributed by atoms with Gasteiger partial charge in [0.2, 0.25) is 0 Å². The van der Waals surface area contributed by atoms with Crippen molar-refractivity contribution in [1.82, 2.24) is 0 Å². The van der Waals surface area contributed by atoms with Crippen molar-refractivity contribution in [1.29, 1.82) is 0 Å². The molecule has 21 heavy (non-hydrogen) atoms. The summed E-state index contributed by atoms with van der Waals surface area (Å²) in [6, 6.07) is 13.0. The predicted octanol–water partition coefficient (Wildman–Crippen LogP) is -1.36. The van der Waals surface area contributed by atoms with Crippen LogP contribution < -0.4 is 40.4 Å². The number of aliphatic carboxylic acids is 1. The number of rotatable bonds is 4. The van der Waals surface area contributed by atoms with Gasteiger partial charge in [-0.15, -0.1) is 0 Å². The number of hydrogen-bond acceptors (Lipinski definition) is 4. The van der Waals surface area contributed by atoms with Crippen LogP contribution in [0.15, 0.2) is 42.5 Å². The predicted molar refractivity (Wildman–Crippen MR) is 81.5 cm³/mol. The van der Waals surface area contributed by atoms with Crippen LogP contribution in [0.3, 0.4) is 0 Å². The summed E-state index contributed by atoms with van der Waals surface area (Å²) in [5.74, 6) is -1.16. The van der Waals surface area contributed by atoms with Gasteiger partial charge in [0.1, 0.15) is 0 Å². The number of benzene rings is 2. The minimum atomic E-state index is -1.16. The minimum Gasteiger partial charge on any atom is -0.550 e. The smallest absolute Gasteiger partial charge is 0.550 e. The number of thiocarbonyl (C=S) groups is 1. The molecule has 102 valence electrons. The molecule has 0 bridgehead atoms. The Bertz CT molecular complexity index is 686. The van der Waals surface area contributed by atoms with Crippen molar-refractivity contribution in [3.05, 3.63) is 64.7 Å². The van der Waals surface area contributed by atoms with E-state index in [0.29, 0.717) is 21.7 Å². The van der Waals surface area contributed by atoms with E-state index in [1.54, 1.807) is 12.1 Å². The molecule has 3 nitrogen and oxygen atoms in total. The van der Waals surface area contributed by atoms with Gasteiger partial charge in [0.15, 0.2) is 0 Å². The summed E-state index contributed by atoms with van der Waals surface area (Å²) in [5.41, 5.74) is 9.65. The van der Waals surface area contributed by atoms with E-state index in [1.807, 2.05) is 37.3 Å². The third-order valence-electron chi connectivity index (χ3n) is 3.17. The molecule has 0 saturated carbocycles. The van der Waals surface area contributed by atoms with Gasteiger partial charge in [-0.25, -0.2) is 0 Å². The number of carbonyl (C=O) groups excluding carboxylic acids is 1. The third-order valence-corrected chi connectivity index (χ3v) is 3.61. The summed E-state index contributed by atoms with van der Waals surface area (Å²) in [5, 5.41) is 10.7. The maximum atomic E-state index is 10.7. The Balaban J connectivity index is 0.00000220. The molecule has 0 atom stereocenters. The van der Waals surface area contributed by atoms with Crippen LogP contribution in [0.2, 0.25) is 0 Å². The number of hydrogen-bond donors (Lipinski definition) is 1. The zero-order valence-electron chi connectivity index (χ0n) is 12.1. The number of nitrogens with two attached hydrogens (primary N) is 1. The molecule has 0 fully saturated rings. The standard InChI is InChI=1S/C16H15NO2S.Na/c1-10-5-2-3-7-12(10)16(20)13-8-4-6-11(15(13)17)9-14(18)19;/h2-8H,9,17H2,1H3,(H,18,19);/q;+1/p-1. The zero-order chi connectivity index (χ0) is 14.7. The first kappa shape index (κ1) is 17.9. The molecule has 0 aliphatic carbocycles. The van der Waals surface area contributed by atoms with Crippen LogP contribution in [-0.2, 0) is 11.2 Å².